The molecule has 1 fully saturated rings. The van der Waals surface area contributed by atoms with Gasteiger partial charge in [-0.3, -0.25) is 4.99 Å². The molecule has 0 bridgehead atoms. The van der Waals surface area contributed by atoms with Gasteiger partial charge in [-0.2, -0.15) is 0 Å². The molecule has 3 rings (SSSR count). The molecular formula is C20H27BrIN3OS. The van der Waals surface area contributed by atoms with Crippen LogP contribution in [0.15, 0.2) is 45.2 Å². The van der Waals surface area contributed by atoms with Crippen molar-refractivity contribution in [1.82, 2.24) is 10.6 Å². The first-order valence-corrected chi connectivity index (χ1v) is 10.6. The van der Waals surface area contributed by atoms with E-state index in [9.17, 15) is 0 Å². The smallest absolute Gasteiger partial charge is 0.191 e. The molecule has 0 aliphatic carbocycles. The molecule has 1 aromatic carbocycles. The summed E-state index contributed by atoms with van der Waals surface area (Å²) in [6.07, 6.45) is 2.44. The second kappa shape index (κ2) is 11.4. The van der Waals surface area contributed by atoms with Crippen LogP contribution in [0.4, 0.5) is 0 Å². The Morgan fingerprint density at radius 1 is 1.22 bits per heavy atom. The lowest BCUT2D eigenvalue weighted by molar-refractivity contribution is -0.0265. The summed E-state index contributed by atoms with van der Waals surface area (Å²) in [6.45, 7) is 4.59. The average Bonchev–Trinajstić information content (AvgIpc) is 3.08. The normalized spacial score (nSPS) is 20.0. The Kier molecular flexibility index (Phi) is 9.55. The number of rotatable bonds is 5. The Hall–Kier alpha value is -0.640. The van der Waals surface area contributed by atoms with E-state index >= 15 is 0 Å². The van der Waals surface area contributed by atoms with Crippen molar-refractivity contribution in [2.45, 2.75) is 32.4 Å². The summed E-state index contributed by atoms with van der Waals surface area (Å²) in [5.41, 5.74) is 2.55. The van der Waals surface area contributed by atoms with Crippen molar-refractivity contribution in [1.29, 1.82) is 0 Å². The van der Waals surface area contributed by atoms with Gasteiger partial charge >= 0.3 is 0 Å². The van der Waals surface area contributed by atoms with Gasteiger partial charge in [0.15, 0.2) is 5.96 Å². The van der Waals surface area contributed by atoms with Crippen LogP contribution in [0, 0.1) is 12.8 Å². The zero-order valence-corrected chi connectivity index (χ0v) is 20.4. The lowest BCUT2D eigenvalue weighted by atomic mass is 9.89. The third-order valence-corrected chi connectivity index (χ3v) is 6.29. The van der Waals surface area contributed by atoms with Gasteiger partial charge < -0.3 is 15.4 Å². The predicted octanol–water partition coefficient (Wildman–Crippen LogP) is 5.27. The number of aryl methyl sites for hydroxylation is 1. The molecule has 2 heterocycles. The highest BCUT2D eigenvalue weighted by Gasteiger charge is 2.27. The maximum absolute atomic E-state index is 6.11. The van der Waals surface area contributed by atoms with Gasteiger partial charge in [0.1, 0.15) is 0 Å². The molecule has 1 aliphatic rings. The summed E-state index contributed by atoms with van der Waals surface area (Å²) in [5.74, 6) is 1.28. The average molecular weight is 564 g/mol. The summed E-state index contributed by atoms with van der Waals surface area (Å²) >= 11 is 5.24. The number of aliphatic imine (C=N–C) groups is 1. The first kappa shape index (κ1) is 22.6. The number of nitrogens with zero attached hydrogens (tertiary/aromatic N) is 1. The van der Waals surface area contributed by atoms with Gasteiger partial charge in [0.2, 0.25) is 0 Å². The van der Waals surface area contributed by atoms with Crippen molar-refractivity contribution in [3.63, 3.8) is 0 Å². The number of thiophene rings is 1. The summed E-state index contributed by atoms with van der Waals surface area (Å²) in [4.78, 5) is 5.63. The third-order valence-electron chi connectivity index (χ3n) is 4.66. The molecule has 2 unspecified atom stereocenters. The molecule has 2 atom stereocenters. The third kappa shape index (κ3) is 6.73. The molecule has 0 radical (unpaired) electrons. The summed E-state index contributed by atoms with van der Waals surface area (Å²) in [7, 11) is 1.81. The Morgan fingerprint density at radius 3 is 2.67 bits per heavy atom. The van der Waals surface area contributed by atoms with Crippen LogP contribution in [0.2, 0.25) is 0 Å². The van der Waals surface area contributed by atoms with Crippen molar-refractivity contribution in [3.8, 4) is 0 Å². The molecule has 148 valence electrons. The molecule has 7 heteroatoms. The van der Waals surface area contributed by atoms with Crippen LogP contribution in [0.5, 0.6) is 0 Å². The predicted molar refractivity (Wildman–Crippen MR) is 128 cm³/mol. The van der Waals surface area contributed by atoms with Gasteiger partial charge in [0.05, 0.1) is 16.4 Å². The highest BCUT2D eigenvalue weighted by Crippen LogP contribution is 2.33. The van der Waals surface area contributed by atoms with Crippen LogP contribution < -0.4 is 10.6 Å². The van der Waals surface area contributed by atoms with Gasteiger partial charge in [-0.1, -0.05) is 29.8 Å². The first-order valence-electron chi connectivity index (χ1n) is 9.02. The standard InChI is InChI=1S/C20H26BrN3OS.HI/c1-14-5-7-15(8-6-14)19-16(4-3-11-25-19)12-23-20(22-2)24-13-17-9-10-18(21)26-17;/h5-10,16,19H,3-4,11-13H2,1-2H3,(H2,22,23,24);1H. The van der Waals surface area contributed by atoms with E-state index in [0.717, 1.165) is 35.9 Å². The Morgan fingerprint density at radius 2 is 2.00 bits per heavy atom. The molecule has 4 nitrogen and oxygen atoms in total. The van der Waals surface area contributed by atoms with Crippen molar-refractivity contribution in [2.24, 2.45) is 10.9 Å². The molecule has 0 saturated carbocycles. The number of halogens is 2. The number of benzene rings is 1. The number of hydrogen-bond donors (Lipinski definition) is 2. The molecular weight excluding hydrogens is 537 g/mol. The van der Waals surface area contributed by atoms with Gasteiger partial charge in [0, 0.05) is 31.0 Å². The fourth-order valence-electron chi connectivity index (χ4n) is 3.24. The molecule has 0 spiro atoms. The fourth-order valence-corrected chi connectivity index (χ4v) is 4.67. The largest absolute Gasteiger partial charge is 0.373 e. The van der Waals surface area contributed by atoms with Crippen LogP contribution in [-0.4, -0.2) is 26.2 Å². The van der Waals surface area contributed by atoms with E-state index in [1.807, 2.05) is 7.05 Å². The van der Waals surface area contributed by atoms with E-state index in [2.05, 4.69) is 74.9 Å². The van der Waals surface area contributed by atoms with Crippen LogP contribution in [0.25, 0.3) is 0 Å². The second-order valence-corrected chi connectivity index (χ2v) is 9.16. The number of hydrogen-bond acceptors (Lipinski definition) is 3. The topological polar surface area (TPSA) is 45.7 Å². The monoisotopic (exact) mass is 563 g/mol. The number of ether oxygens (including phenoxy) is 1. The Balaban J connectivity index is 0.00000261. The van der Waals surface area contributed by atoms with E-state index in [-0.39, 0.29) is 30.1 Å². The fraction of sp³-hybridized carbons (Fsp3) is 0.450. The molecule has 2 N–H and O–H groups in total. The highest BCUT2D eigenvalue weighted by molar-refractivity contribution is 14.0. The minimum atomic E-state index is 0. The van der Waals surface area contributed by atoms with E-state index < -0.39 is 0 Å². The molecule has 1 saturated heterocycles. The molecule has 2 aromatic rings. The Labute approximate surface area is 191 Å². The molecule has 1 aliphatic heterocycles. The lowest BCUT2D eigenvalue weighted by Gasteiger charge is -2.32. The van der Waals surface area contributed by atoms with Gasteiger partial charge in [0.25, 0.3) is 0 Å². The van der Waals surface area contributed by atoms with Crippen molar-refractivity contribution in [3.05, 3.63) is 56.2 Å². The van der Waals surface area contributed by atoms with E-state index in [1.54, 1.807) is 11.3 Å². The number of nitrogens with one attached hydrogen (secondary N) is 2. The maximum atomic E-state index is 6.11. The van der Waals surface area contributed by atoms with Crippen LogP contribution >= 0.6 is 51.2 Å². The van der Waals surface area contributed by atoms with E-state index in [4.69, 9.17) is 4.74 Å². The van der Waals surface area contributed by atoms with Crippen LogP contribution in [0.3, 0.4) is 0 Å². The second-order valence-electron chi connectivity index (χ2n) is 6.62. The van der Waals surface area contributed by atoms with Gasteiger partial charge in [-0.05, 0) is 53.4 Å². The van der Waals surface area contributed by atoms with Crippen molar-refractivity contribution in [2.75, 3.05) is 20.2 Å². The minimum absolute atomic E-state index is 0. The summed E-state index contributed by atoms with van der Waals surface area (Å²) < 4.78 is 7.26. The highest BCUT2D eigenvalue weighted by atomic mass is 127. The molecule has 27 heavy (non-hydrogen) atoms. The Bertz CT molecular complexity index is 735. The number of guanidine groups is 1. The SMILES string of the molecule is CN=C(NCc1ccc(Br)s1)NCC1CCCOC1c1ccc(C)cc1.I. The van der Waals surface area contributed by atoms with Crippen LogP contribution in [0.1, 0.15) is 34.9 Å². The van der Waals surface area contributed by atoms with E-state index in [1.165, 1.54) is 22.4 Å². The zero-order valence-electron chi connectivity index (χ0n) is 15.7. The quantitative estimate of drug-likeness (QED) is 0.296. The van der Waals surface area contributed by atoms with Crippen molar-refractivity contribution >= 4 is 57.2 Å². The summed E-state index contributed by atoms with van der Waals surface area (Å²) in [6, 6.07) is 12.9. The summed E-state index contributed by atoms with van der Waals surface area (Å²) in [5, 5.41) is 6.87. The maximum Gasteiger partial charge on any atom is 0.191 e. The first-order chi connectivity index (χ1) is 12.7. The zero-order chi connectivity index (χ0) is 18.4. The van der Waals surface area contributed by atoms with Crippen molar-refractivity contribution < 1.29 is 4.74 Å². The van der Waals surface area contributed by atoms with Gasteiger partial charge in [-0.25, -0.2) is 0 Å². The lowest BCUT2D eigenvalue weighted by Crippen LogP contribution is -2.41. The molecule has 1 aromatic heterocycles. The molecule has 0 amide bonds. The minimum Gasteiger partial charge on any atom is -0.373 e. The van der Waals surface area contributed by atoms with E-state index in [0.29, 0.717) is 5.92 Å². The van der Waals surface area contributed by atoms with Gasteiger partial charge in [-0.15, -0.1) is 35.3 Å². The van der Waals surface area contributed by atoms with Crippen LogP contribution in [-0.2, 0) is 11.3 Å².